The predicted molar refractivity (Wildman–Crippen MR) is 73.9 cm³/mol. The number of nitrogens with one attached hydrogen (secondary N) is 1. The fourth-order valence-electron chi connectivity index (χ4n) is 2.56. The molecule has 2 aliphatic heterocycles. The number of anilines is 1. The Bertz CT molecular complexity index is 568. The van der Waals surface area contributed by atoms with Crippen LogP contribution < -0.4 is 15.0 Å². The SMILES string of the molecule is O=C(O)c1cccc2c1OCCN2C(=O)C1COCCN1. The summed E-state index contributed by atoms with van der Waals surface area (Å²) in [6.07, 6.45) is 0. The monoisotopic (exact) mass is 292 g/mol. The fraction of sp³-hybridized carbons (Fsp3) is 0.429. The van der Waals surface area contributed by atoms with Crippen LogP contribution in [0.3, 0.4) is 0 Å². The largest absolute Gasteiger partial charge is 0.489 e. The Hall–Kier alpha value is -2.12. The van der Waals surface area contributed by atoms with Crippen LogP contribution in [0.1, 0.15) is 10.4 Å². The number of carbonyl (C=O) groups excluding carboxylic acids is 1. The minimum Gasteiger partial charge on any atom is -0.489 e. The normalized spacial score (nSPS) is 21.3. The average molecular weight is 292 g/mol. The lowest BCUT2D eigenvalue weighted by atomic mass is 10.1. The van der Waals surface area contributed by atoms with E-state index in [1.54, 1.807) is 17.0 Å². The van der Waals surface area contributed by atoms with E-state index in [0.717, 1.165) is 0 Å². The van der Waals surface area contributed by atoms with Crippen molar-refractivity contribution in [3.05, 3.63) is 23.8 Å². The molecule has 0 saturated carbocycles. The Morgan fingerprint density at radius 1 is 1.33 bits per heavy atom. The zero-order chi connectivity index (χ0) is 14.8. The number of aromatic carboxylic acids is 1. The molecule has 0 radical (unpaired) electrons. The van der Waals surface area contributed by atoms with Gasteiger partial charge in [0.05, 0.1) is 25.4 Å². The van der Waals surface area contributed by atoms with Crippen molar-refractivity contribution in [1.29, 1.82) is 0 Å². The van der Waals surface area contributed by atoms with Gasteiger partial charge in [-0.3, -0.25) is 4.79 Å². The topological polar surface area (TPSA) is 88.1 Å². The summed E-state index contributed by atoms with van der Waals surface area (Å²) in [6, 6.07) is 4.37. The van der Waals surface area contributed by atoms with Crippen LogP contribution >= 0.6 is 0 Å². The smallest absolute Gasteiger partial charge is 0.339 e. The standard InChI is InChI=1S/C14H16N2O5/c17-13(10-8-20-6-4-15-10)16-5-7-21-12-9(14(18)19)2-1-3-11(12)16/h1-3,10,15H,4-8H2,(H,18,19). The molecule has 1 atom stereocenters. The molecular weight excluding hydrogens is 276 g/mol. The van der Waals surface area contributed by atoms with Gasteiger partial charge in [-0.25, -0.2) is 4.79 Å². The second-order valence-corrected chi connectivity index (χ2v) is 4.88. The summed E-state index contributed by atoms with van der Waals surface area (Å²) in [7, 11) is 0. The minimum atomic E-state index is -1.07. The first-order chi connectivity index (χ1) is 10.2. The number of rotatable bonds is 2. The average Bonchev–Trinajstić information content (AvgIpc) is 2.53. The van der Waals surface area contributed by atoms with Crippen molar-refractivity contribution < 1.29 is 24.2 Å². The Kier molecular flexibility index (Phi) is 3.76. The summed E-state index contributed by atoms with van der Waals surface area (Å²) in [5.41, 5.74) is 0.566. The van der Waals surface area contributed by atoms with Crippen LogP contribution in [-0.2, 0) is 9.53 Å². The van der Waals surface area contributed by atoms with Crippen molar-refractivity contribution in [1.82, 2.24) is 5.32 Å². The molecule has 1 fully saturated rings. The molecule has 1 aromatic rings. The molecule has 1 amide bonds. The van der Waals surface area contributed by atoms with Crippen LogP contribution in [0.4, 0.5) is 5.69 Å². The Labute approximate surface area is 121 Å². The molecule has 1 aromatic carbocycles. The number of fused-ring (bicyclic) bond motifs is 1. The minimum absolute atomic E-state index is 0.0675. The Morgan fingerprint density at radius 2 is 2.19 bits per heavy atom. The number of carbonyl (C=O) groups is 2. The van der Waals surface area contributed by atoms with Crippen LogP contribution in [0.15, 0.2) is 18.2 Å². The predicted octanol–water partition coefficient (Wildman–Crippen LogP) is 0.0986. The van der Waals surface area contributed by atoms with Crippen molar-refractivity contribution in [3.8, 4) is 5.75 Å². The lowest BCUT2D eigenvalue weighted by molar-refractivity contribution is -0.123. The fourth-order valence-corrected chi connectivity index (χ4v) is 2.56. The van der Waals surface area contributed by atoms with Gasteiger partial charge in [0.25, 0.3) is 0 Å². The highest BCUT2D eigenvalue weighted by Gasteiger charge is 2.32. The molecule has 2 aliphatic rings. The van der Waals surface area contributed by atoms with E-state index in [2.05, 4.69) is 5.32 Å². The number of morpholine rings is 1. The van der Waals surface area contributed by atoms with Gasteiger partial charge in [-0.1, -0.05) is 6.07 Å². The van der Waals surface area contributed by atoms with Gasteiger partial charge in [0.2, 0.25) is 5.91 Å². The third-order valence-electron chi connectivity index (χ3n) is 3.56. The summed E-state index contributed by atoms with van der Waals surface area (Å²) in [6.45, 7) is 2.21. The van der Waals surface area contributed by atoms with Crippen molar-refractivity contribution in [2.24, 2.45) is 0 Å². The highest BCUT2D eigenvalue weighted by atomic mass is 16.5. The molecule has 7 nitrogen and oxygen atoms in total. The maximum atomic E-state index is 12.6. The van der Waals surface area contributed by atoms with Gasteiger partial charge in [0.1, 0.15) is 18.2 Å². The molecule has 1 unspecified atom stereocenters. The number of hydrogen-bond donors (Lipinski definition) is 2. The Balaban J connectivity index is 1.91. The molecular formula is C14H16N2O5. The van der Waals surface area contributed by atoms with E-state index in [0.29, 0.717) is 32.0 Å². The number of carboxylic acids is 1. The lowest BCUT2D eigenvalue weighted by Gasteiger charge is -2.34. The van der Waals surface area contributed by atoms with E-state index >= 15 is 0 Å². The lowest BCUT2D eigenvalue weighted by Crippen LogP contribution is -2.54. The summed E-state index contributed by atoms with van der Waals surface area (Å²) < 4.78 is 10.8. The second kappa shape index (κ2) is 5.71. The molecule has 0 aliphatic carbocycles. The van der Waals surface area contributed by atoms with Crippen LogP contribution in [0.25, 0.3) is 0 Å². The van der Waals surface area contributed by atoms with Crippen LogP contribution in [0.5, 0.6) is 5.75 Å². The number of carboxylic acid groups (broad SMARTS) is 1. The van der Waals surface area contributed by atoms with Gasteiger partial charge in [0.15, 0.2) is 5.75 Å². The highest BCUT2D eigenvalue weighted by molar-refractivity contribution is 6.02. The van der Waals surface area contributed by atoms with Gasteiger partial charge >= 0.3 is 5.97 Å². The van der Waals surface area contributed by atoms with Crippen molar-refractivity contribution in [2.75, 3.05) is 37.8 Å². The third-order valence-corrected chi connectivity index (χ3v) is 3.56. The molecule has 0 bridgehead atoms. The summed E-state index contributed by atoms with van der Waals surface area (Å²) >= 11 is 0. The molecule has 112 valence electrons. The highest BCUT2D eigenvalue weighted by Crippen LogP contribution is 2.35. The van der Waals surface area contributed by atoms with Gasteiger partial charge in [-0.05, 0) is 12.1 Å². The van der Waals surface area contributed by atoms with Gasteiger partial charge in [-0.15, -0.1) is 0 Å². The molecule has 3 rings (SSSR count). The first-order valence-corrected chi connectivity index (χ1v) is 6.80. The summed E-state index contributed by atoms with van der Waals surface area (Å²) in [5, 5.41) is 12.3. The zero-order valence-corrected chi connectivity index (χ0v) is 11.4. The van der Waals surface area contributed by atoms with Crippen LogP contribution in [0, 0.1) is 0 Å². The third kappa shape index (κ3) is 2.57. The van der Waals surface area contributed by atoms with E-state index in [-0.39, 0.29) is 23.8 Å². The molecule has 2 N–H and O–H groups in total. The number of nitrogens with zero attached hydrogens (tertiary/aromatic N) is 1. The number of ether oxygens (including phenoxy) is 2. The Morgan fingerprint density at radius 3 is 2.90 bits per heavy atom. The zero-order valence-electron chi connectivity index (χ0n) is 11.4. The molecule has 1 saturated heterocycles. The van der Waals surface area contributed by atoms with Gasteiger partial charge in [0, 0.05) is 6.54 Å². The van der Waals surface area contributed by atoms with E-state index in [9.17, 15) is 14.7 Å². The van der Waals surface area contributed by atoms with Crippen molar-refractivity contribution in [2.45, 2.75) is 6.04 Å². The van der Waals surface area contributed by atoms with Crippen molar-refractivity contribution >= 4 is 17.6 Å². The first kappa shape index (κ1) is 13.8. The molecule has 7 heteroatoms. The van der Waals surface area contributed by atoms with Crippen molar-refractivity contribution in [3.63, 3.8) is 0 Å². The first-order valence-electron chi connectivity index (χ1n) is 6.80. The number of para-hydroxylation sites is 1. The maximum Gasteiger partial charge on any atom is 0.339 e. The van der Waals surface area contributed by atoms with E-state index in [4.69, 9.17) is 9.47 Å². The number of amides is 1. The number of benzene rings is 1. The second-order valence-electron chi connectivity index (χ2n) is 4.88. The quantitative estimate of drug-likeness (QED) is 0.803. The van der Waals surface area contributed by atoms with Gasteiger partial charge < -0.3 is 24.8 Å². The molecule has 0 aromatic heterocycles. The summed E-state index contributed by atoms with van der Waals surface area (Å²) in [4.78, 5) is 25.4. The van der Waals surface area contributed by atoms with Crippen LogP contribution in [0.2, 0.25) is 0 Å². The molecule has 21 heavy (non-hydrogen) atoms. The molecule has 0 spiro atoms. The van der Waals surface area contributed by atoms with E-state index < -0.39 is 12.0 Å². The molecule has 2 heterocycles. The van der Waals surface area contributed by atoms with Crippen LogP contribution in [-0.4, -0.2) is 55.9 Å². The number of hydrogen-bond acceptors (Lipinski definition) is 5. The van der Waals surface area contributed by atoms with Gasteiger partial charge in [-0.2, -0.15) is 0 Å². The van der Waals surface area contributed by atoms with E-state index in [1.807, 2.05) is 0 Å². The maximum absolute atomic E-state index is 12.6. The summed E-state index contributed by atoms with van der Waals surface area (Å²) in [5.74, 6) is -0.941. The van der Waals surface area contributed by atoms with E-state index in [1.165, 1.54) is 6.07 Å².